The molecule has 0 aliphatic carbocycles. The SMILES string of the molecule is CC(C)CCC(=O)OCCc1ccccc1. The van der Waals surface area contributed by atoms with Crippen molar-refractivity contribution in [3.05, 3.63) is 35.9 Å². The van der Waals surface area contributed by atoms with Gasteiger partial charge in [0.25, 0.3) is 0 Å². The first kappa shape index (κ1) is 12.8. The van der Waals surface area contributed by atoms with E-state index in [1.165, 1.54) is 5.56 Å². The minimum absolute atomic E-state index is 0.0790. The molecule has 1 aromatic carbocycles. The van der Waals surface area contributed by atoms with Crippen LogP contribution in [-0.2, 0) is 16.0 Å². The predicted molar refractivity (Wildman–Crippen MR) is 65.2 cm³/mol. The highest BCUT2D eigenvalue weighted by Gasteiger charge is 2.04. The van der Waals surface area contributed by atoms with Gasteiger partial charge in [0.15, 0.2) is 0 Å². The number of hydrogen-bond donors (Lipinski definition) is 0. The van der Waals surface area contributed by atoms with Gasteiger partial charge in [0, 0.05) is 12.8 Å². The summed E-state index contributed by atoms with van der Waals surface area (Å²) in [5, 5.41) is 0. The van der Waals surface area contributed by atoms with Crippen LogP contribution in [0.15, 0.2) is 30.3 Å². The van der Waals surface area contributed by atoms with Crippen LogP contribution >= 0.6 is 0 Å². The summed E-state index contributed by atoms with van der Waals surface area (Å²) < 4.78 is 5.16. The molecule has 1 aromatic rings. The van der Waals surface area contributed by atoms with Crippen molar-refractivity contribution >= 4 is 5.97 Å². The standard InChI is InChI=1S/C14H20O2/c1-12(2)8-9-14(15)16-11-10-13-6-4-3-5-7-13/h3-7,12H,8-11H2,1-2H3. The normalized spacial score (nSPS) is 10.4. The van der Waals surface area contributed by atoms with Gasteiger partial charge in [0.1, 0.15) is 0 Å². The lowest BCUT2D eigenvalue weighted by Gasteiger charge is -2.06. The van der Waals surface area contributed by atoms with Gasteiger partial charge in [-0.3, -0.25) is 4.79 Å². The van der Waals surface area contributed by atoms with Gasteiger partial charge in [0.05, 0.1) is 6.61 Å². The molecule has 16 heavy (non-hydrogen) atoms. The summed E-state index contributed by atoms with van der Waals surface area (Å²) >= 11 is 0. The Hall–Kier alpha value is -1.31. The quantitative estimate of drug-likeness (QED) is 0.688. The van der Waals surface area contributed by atoms with Crippen LogP contribution in [-0.4, -0.2) is 12.6 Å². The average molecular weight is 220 g/mol. The zero-order chi connectivity index (χ0) is 11.8. The topological polar surface area (TPSA) is 26.3 Å². The van der Waals surface area contributed by atoms with Gasteiger partial charge in [-0.25, -0.2) is 0 Å². The minimum atomic E-state index is -0.0790. The lowest BCUT2D eigenvalue weighted by molar-refractivity contribution is -0.143. The number of carbonyl (C=O) groups excluding carboxylic acids is 1. The van der Waals surface area contributed by atoms with Crippen molar-refractivity contribution in [1.82, 2.24) is 0 Å². The molecule has 0 aromatic heterocycles. The van der Waals surface area contributed by atoms with Gasteiger partial charge < -0.3 is 4.74 Å². The Morgan fingerprint density at radius 3 is 2.56 bits per heavy atom. The largest absolute Gasteiger partial charge is 0.465 e. The molecule has 0 N–H and O–H groups in total. The van der Waals surface area contributed by atoms with E-state index in [4.69, 9.17) is 4.74 Å². The van der Waals surface area contributed by atoms with E-state index >= 15 is 0 Å². The van der Waals surface area contributed by atoms with Crippen LogP contribution in [0, 0.1) is 5.92 Å². The summed E-state index contributed by atoms with van der Waals surface area (Å²) in [5.41, 5.74) is 1.21. The Morgan fingerprint density at radius 1 is 1.25 bits per heavy atom. The number of ether oxygens (including phenoxy) is 1. The Kier molecular flexibility index (Phi) is 5.62. The van der Waals surface area contributed by atoms with E-state index in [1.54, 1.807) is 0 Å². The monoisotopic (exact) mass is 220 g/mol. The van der Waals surface area contributed by atoms with E-state index in [9.17, 15) is 4.79 Å². The molecule has 0 bridgehead atoms. The molecule has 0 unspecified atom stereocenters. The van der Waals surface area contributed by atoms with Crippen LogP contribution in [0.2, 0.25) is 0 Å². The maximum atomic E-state index is 11.3. The number of benzene rings is 1. The first-order valence-electron chi connectivity index (χ1n) is 5.88. The van der Waals surface area contributed by atoms with E-state index in [0.29, 0.717) is 18.9 Å². The van der Waals surface area contributed by atoms with Crippen molar-refractivity contribution in [3.63, 3.8) is 0 Å². The van der Waals surface area contributed by atoms with Crippen LogP contribution in [0.25, 0.3) is 0 Å². The summed E-state index contributed by atoms with van der Waals surface area (Å²) in [6.45, 7) is 4.70. The van der Waals surface area contributed by atoms with E-state index in [-0.39, 0.29) is 5.97 Å². The van der Waals surface area contributed by atoms with Crippen molar-refractivity contribution in [2.75, 3.05) is 6.61 Å². The molecule has 0 saturated heterocycles. The predicted octanol–water partition coefficient (Wildman–Crippen LogP) is 3.21. The molecule has 2 nitrogen and oxygen atoms in total. The van der Waals surface area contributed by atoms with Gasteiger partial charge in [-0.2, -0.15) is 0 Å². The molecular weight excluding hydrogens is 200 g/mol. The summed E-state index contributed by atoms with van der Waals surface area (Å²) in [5.74, 6) is 0.478. The Morgan fingerprint density at radius 2 is 1.94 bits per heavy atom. The van der Waals surface area contributed by atoms with Gasteiger partial charge in [-0.05, 0) is 17.9 Å². The average Bonchev–Trinajstić information content (AvgIpc) is 2.28. The van der Waals surface area contributed by atoms with Gasteiger partial charge >= 0.3 is 5.97 Å². The molecule has 2 heteroatoms. The van der Waals surface area contributed by atoms with E-state index < -0.39 is 0 Å². The number of hydrogen-bond acceptors (Lipinski definition) is 2. The van der Waals surface area contributed by atoms with E-state index in [1.807, 2.05) is 30.3 Å². The number of carbonyl (C=O) groups is 1. The smallest absolute Gasteiger partial charge is 0.305 e. The van der Waals surface area contributed by atoms with Gasteiger partial charge in [0.2, 0.25) is 0 Å². The summed E-state index contributed by atoms with van der Waals surface area (Å²) in [7, 11) is 0. The Labute approximate surface area is 97.6 Å². The second-order valence-electron chi connectivity index (χ2n) is 4.39. The third kappa shape index (κ3) is 5.54. The maximum absolute atomic E-state index is 11.3. The van der Waals surface area contributed by atoms with Crippen LogP contribution < -0.4 is 0 Å². The van der Waals surface area contributed by atoms with Gasteiger partial charge in [-0.1, -0.05) is 44.2 Å². The highest BCUT2D eigenvalue weighted by atomic mass is 16.5. The summed E-state index contributed by atoms with van der Waals surface area (Å²) in [4.78, 5) is 11.3. The van der Waals surface area contributed by atoms with Crippen molar-refractivity contribution < 1.29 is 9.53 Å². The van der Waals surface area contributed by atoms with Gasteiger partial charge in [-0.15, -0.1) is 0 Å². The lowest BCUT2D eigenvalue weighted by atomic mass is 10.1. The van der Waals surface area contributed by atoms with Crippen LogP contribution in [0.5, 0.6) is 0 Å². The third-order valence-electron chi connectivity index (χ3n) is 2.42. The van der Waals surface area contributed by atoms with Crippen LogP contribution in [0.1, 0.15) is 32.3 Å². The molecule has 0 heterocycles. The Bertz CT molecular complexity index is 304. The molecule has 0 fully saturated rings. The molecule has 0 radical (unpaired) electrons. The fourth-order valence-electron chi connectivity index (χ4n) is 1.41. The zero-order valence-corrected chi connectivity index (χ0v) is 10.1. The molecule has 88 valence electrons. The van der Waals surface area contributed by atoms with Crippen LogP contribution in [0.4, 0.5) is 0 Å². The number of rotatable bonds is 6. The Balaban J connectivity index is 2.13. The zero-order valence-electron chi connectivity index (χ0n) is 10.1. The molecule has 0 atom stereocenters. The molecule has 0 saturated carbocycles. The highest BCUT2D eigenvalue weighted by molar-refractivity contribution is 5.69. The van der Waals surface area contributed by atoms with E-state index in [0.717, 1.165) is 12.8 Å². The molecule has 0 aliphatic rings. The first-order valence-corrected chi connectivity index (χ1v) is 5.88. The molecular formula is C14H20O2. The fourth-order valence-corrected chi connectivity index (χ4v) is 1.41. The van der Waals surface area contributed by atoms with Crippen molar-refractivity contribution in [2.45, 2.75) is 33.1 Å². The lowest BCUT2D eigenvalue weighted by Crippen LogP contribution is -2.08. The molecule has 0 spiro atoms. The maximum Gasteiger partial charge on any atom is 0.305 e. The minimum Gasteiger partial charge on any atom is -0.465 e. The molecule has 0 aliphatic heterocycles. The summed E-state index contributed by atoms with van der Waals surface area (Å²) in [6, 6.07) is 10.1. The molecule has 0 amide bonds. The second-order valence-corrected chi connectivity index (χ2v) is 4.39. The van der Waals surface area contributed by atoms with Crippen molar-refractivity contribution in [2.24, 2.45) is 5.92 Å². The van der Waals surface area contributed by atoms with Crippen LogP contribution in [0.3, 0.4) is 0 Å². The fraction of sp³-hybridized carbons (Fsp3) is 0.500. The first-order chi connectivity index (χ1) is 7.68. The second kappa shape index (κ2) is 7.04. The third-order valence-corrected chi connectivity index (χ3v) is 2.42. The highest BCUT2D eigenvalue weighted by Crippen LogP contribution is 2.05. The van der Waals surface area contributed by atoms with Crippen molar-refractivity contribution in [1.29, 1.82) is 0 Å². The van der Waals surface area contributed by atoms with E-state index in [2.05, 4.69) is 13.8 Å². The number of esters is 1. The summed E-state index contributed by atoms with van der Waals surface area (Å²) in [6.07, 6.45) is 2.24. The van der Waals surface area contributed by atoms with Crippen molar-refractivity contribution in [3.8, 4) is 0 Å². The molecule has 1 rings (SSSR count).